The Hall–Kier alpha value is -0.130. The zero-order valence-electron chi connectivity index (χ0n) is 15.6. The van der Waals surface area contributed by atoms with Crippen molar-refractivity contribution in [1.29, 1.82) is 0 Å². The molecule has 5 heteroatoms. The van der Waals surface area contributed by atoms with E-state index in [1.54, 1.807) is 0 Å². The molecule has 1 heterocycles. The first-order chi connectivity index (χ1) is 10.9. The summed E-state index contributed by atoms with van der Waals surface area (Å²) in [7, 11) is -3.67. The van der Waals surface area contributed by atoms with Crippen LogP contribution in [0.15, 0.2) is 0 Å². The molecule has 0 aromatic rings. The van der Waals surface area contributed by atoms with Crippen LogP contribution in [-0.2, 0) is 10.1 Å². The van der Waals surface area contributed by atoms with Crippen molar-refractivity contribution in [2.45, 2.75) is 96.9 Å². The molecule has 1 unspecified atom stereocenters. The van der Waals surface area contributed by atoms with Gasteiger partial charge in [0.1, 0.15) is 0 Å². The zero-order chi connectivity index (χ0) is 17.6. The fourth-order valence-electron chi connectivity index (χ4n) is 3.28. The van der Waals surface area contributed by atoms with Crippen LogP contribution in [0.1, 0.15) is 90.9 Å². The van der Waals surface area contributed by atoms with Crippen molar-refractivity contribution in [3.8, 4) is 0 Å². The van der Waals surface area contributed by atoms with Crippen molar-refractivity contribution in [1.82, 2.24) is 4.90 Å². The molecule has 1 fully saturated rings. The van der Waals surface area contributed by atoms with Crippen LogP contribution >= 0.6 is 0 Å². The average Bonchev–Trinajstić information content (AvgIpc) is 2.91. The second-order valence-electron chi connectivity index (χ2n) is 6.80. The predicted molar refractivity (Wildman–Crippen MR) is 99.6 cm³/mol. The Morgan fingerprint density at radius 1 is 0.957 bits per heavy atom. The minimum Gasteiger partial charge on any atom is -0.300 e. The molecule has 0 spiro atoms. The van der Waals surface area contributed by atoms with E-state index in [4.69, 9.17) is 4.55 Å². The Kier molecular flexibility index (Phi) is 14.2. The van der Waals surface area contributed by atoms with Gasteiger partial charge in [0.05, 0.1) is 6.26 Å². The Bertz CT molecular complexity index is 349. The first-order valence-corrected chi connectivity index (χ1v) is 11.4. The molecule has 1 rings (SSSR count). The molecule has 0 aromatic carbocycles. The summed E-state index contributed by atoms with van der Waals surface area (Å²) in [6.07, 6.45) is 18.0. The minimum atomic E-state index is -3.67. The highest BCUT2D eigenvalue weighted by Crippen LogP contribution is 2.20. The van der Waals surface area contributed by atoms with E-state index in [1.807, 2.05) is 0 Å². The smallest absolute Gasteiger partial charge is 0.261 e. The topological polar surface area (TPSA) is 57.6 Å². The molecular formula is C18H39NO3S. The van der Waals surface area contributed by atoms with Gasteiger partial charge >= 0.3 is 0 Å². The van der Waals surface area contributed by atoms with E-state index in [0.29, 0.717) is 6.26 Å². The highest BCUT2D eigenvalue weighted by molar-refractivity contribution is 7.85. The highest BCUT2D eigenvalue weighted by atomic mass is 32.2. The summed E-state index contributed by atoms with van der Waals surface area (Å²) in [5.74, 6) is 0. The summed E-state index contributed by atoms with van der Waals surface area (Å²) in [5, 5.41) is 0. The average molecular weight is 350 g/mol. The van der Waals surface area contributed by atoms with E-state index in [-0.39, 0.29) is 0 Å². The summed E-state index contributed by atoms with van der Waals surface area (Å²) in [5.41, 5.74) is 0. The standard InChI is InChI=1S/C17H35N.CH4O3S/c1-3-5-6-7-8-9-10-11-12-15-18-16-13-14-17(18)4-2;1-5(2,3)4/h17H,3-16H2,1-2H3;1H3,(H,2,3,4). The van der Waals surface area contributed by atoms with Gasteiger partial charge < -0.3 is 4.90 Å². The van der Waals surface area contributed by atoms with Crippen molar-refractivity contribution in [3.63, 3.8) is 0 Å². The van der Waals surface area contributed by atoms with Crippen LogP contribution in [-0.4, -0.2) is 43.3 Å². The molecule has 0 aliphatic carbocycles. The van der Waals surface area contributed by atoms with Gasteiger partial charge in [-0.05, 0) is 38.8 Å². The number of nitrogens with zero attached hydrogens (tertiary/aromatic N) is 1. The van der Waals surface area contributed by atoms with Crippen molar-refractivity contribution in [2.24, 2.45) is 0 Å². The maximum absolute atomic E-state index is 9.19. The van der Waals surface area contributed by atoms with Crippen LogP contribution in [0.25, 0.3) is 0 Å². The molecule has 1 atom stereocenters. The maximum atomic E-state index is 9.19. The van der Waals surface area contributed by atoms with Gasteiger partial charge in [-0.15, -0.1) is 0 Å². The van der Waals surface area contributed by atoms with E-state index in [1.165, 1.54) is 90.1 Å². The van der Waals surface area contributed by atoms with Gasteiger partial charge in [0.2, 0.25) is 0 Å². The molecular weight excluding hydrogens is 310 g/mol. The second-order valence-corrected chi connectivity index (χ2v) is 8.27. The summed E-state index contributed by atoms with van der Waals surface area (Å²) in [6.45, 7) is 7.38. The lowest BCUT2D eigenvalue weighted by Crippen LogP contribution is -2.29. The van der Waals surface area contributed by atoms with E-state index < -0.39 is 10.1 Å². The van der Waals surface area contributed by atoms with Crippen LogP contribution in [0, 0.1) is 0 Å². The summed E-state index contributed by atoms with van der Waals surface area (Å²) in [4.78, 5) is 2.74. The van der Waals surface area contributed by atoms with E-state index >= 15 is 0 Å². The molecule has 0 amide bonds. The third kappa shape index (κ3) is 16.5. The second kappa shape index (κ2) is 14.2. The van der Waals surface area contributed by atoms with Crippen LogP contribution < -0.4 is 0 Å². The minimum absolute atomic E-state index is 0.715. The number of hydrogen-bond donors (Lipinski definition) is 1. The Labute approximate surface area is 144 Å². The van der Waals surface area contributed by atoms with Crippen molar-refractivity contribution < 1.29 is 13.0 Å². The molecule has 23 heavy (non-hydrogen) atoms. The fraction of sp³-hybridized carbons (Fsp3) is 1.00. The van der Waals surface area contributed by atoms with Gasteiger partial charge in [-0.2, -0.15) is 8.42 Å². The molecule has 1 N–H and O–H groups in total. The zero-order valence-corrected chi connectivity index (χ0v) is 16.4. The lowest BCUT2D eigenvalue weighted by atomic mass is 10.1. The highest BCUT2D eigenvalue weighted by Gasteiger charge is 2.21. The van der Waals surface area contributed by atoms with Crippen molar-refractivity contribution in [3.05, 3.63) is 0 Å². The Balaban J connectivity index is 0.000000841. The molecule has 140 valence electrons. The first kappa shape index (κ1) is 22.9. The fourth-order valence-corrected chi connectivity index (χ4v) is 3.28. The quantitative estimate of drug-likeness (QED) is 0.426. The van der Waals surface area contributed by atoms with E-state index in [0.717, 1.165) is 6.04 Å². The summed E-state index contributed by atoms with van der Waals surface area (Å²) >= 11 is 0. The lowest BCUT2D eigenvalue weighted by Gasteiger charge is -2.22. The van der Waals surface area contributed by atoms with Gasteiger partial charge in [-0.25, -0.2) is 0 Å². The molecule has 1 aliphatic rings. The van der Waals surface area contributed by atoms with Gasteiger partial charge in [-0.1, -0.05) is 65.2 Å². The third-order valence-corrected chi connectivity index (χ3v) is 4.52. The van der Waals surface area contributed by atoms with E-state index in [2.05, 4.69) is 18.7 Å². The molecule has 0 saturated carbocycles. The molecule has 1 aliphatic heterocycles. The van der Waals surface area contributed by atoms with Crippen LogP contribution in [0.2, 0.25) is 0 Å². The number of unbranched alkanes of at least 4 members (excludes halogenated alkanes) is 8. The van der Waals surface area contributed by atoms with Gasteiger partial charge in [0.25, 0.3) is 10.1 Å². The largest absolute Gasteiger partial charge is 0.300 e. The van der Waals surface area contributed by atoms with Gasteiger partial charge in [0.15, 0.2) is 0 Å². The molecule has 1 saturated heterocycles. The summed E-state index contributed by atoms with van der Waals surface area (Å²) in [6, 6.07) is 0.916. The first-order valence-electron chi connectivity index (χ1n) is 9.55. The van der Waals surface area contributed by atoms with E-state index in [9.17, 15) is 8.42 Å². The lowest BCUT2D eigenvalue weighted by molar-refractivity contribution is 0.242. The molecule has 0 bridgehead atoms. The van der Waals surface area contributed by atoms with Crippen LogP contribution in [0.5, 0.6) is 0 Å². The molecule has 0 radical (unpaired) electrons. The SMILES string of the molecule is CCCCCCCCCCCN1CCCC1CC.CS(=O)(=O)O. The van der Waals surface area contributed by atoms with Crippen molar-refractivity contribution >= 4 is 10.1 Å². The monoisotopic (exact) mass is 349 g/mol. The maximum Gasteiger partial charge on any atom is 0.261 e. The normalized spacial score (nSPS) is 18.7. The van der Waals surface area contributed by atoms with Gasteiger partial charge in [-0.3, -0.25) is 4.55 Å². The summed E-state index contributed by atoms with van der Waals surface area (Å²) < 4.78 is 25.9. The number of likely N-dealkylation sites (tertiary alicyclic amines) is 1. The number of rotatable bonds is 11. The van der Waals surface area contributed by atoms with Crippen LogP contribution in [0.3, 0.4) is 0 Å². The Morgan fingerprint density at radius 3 is 1.91 bits per heavy atom. The van der Waals surface area contributed by atoms with Crippen LogP contribution in [0.4, 0.5) is 0 Å². The molecule has 0 aromatic heterocycles. The van der Waals surface area contributed by atoms with Crippen molar-refractivity contribution in [2.75, 3.05) is 19.3 Å². The molecule has 4 nitrogen and oxygen atoms in total. The Morgan fingerprint density at radius 2 is 1.43 bits per heavy atom. The third-order valence-electron chi connectivity index (χ3n) is 4.52. The van der Waals surface area contributed by atoms with Gasteiger partial charge in [0, 0.05) is 6.04 Å². The number of hydrogen-bond acceptors (Lipinski definition) is 3. The predicted octanol–water partition coefficient (Wildman–Crippen LogP) is 4.90.